The standard InChI is InChI=1S/C19H36/c1-17(2,3)15-12-11-14-10-8-9-13-19(14,7)16(15)18(4,5)6/h14-16H,8-13H2,1-7H3/t14?,15?,16?,19-/m0/s1. The molecule has 0 amide bonds. The summed E-state index contributed by atoms with van der Waals surface area (Å²) in [5.74, 6) is 2.79. The number of hydrogen-bond donors (Lipinski definition) is 0. The van der Waals surface area contributed by atoms with E-state index in [-0.39, 0.29) is 0 Å². The van der Waals surface area contributed by atoms with Gasteiger partial charge in [0.25, 0.3) is 0 Å². The summed E-state index contributed by atoms with van der Waals surface area (Å²) in [6.45, 7) is 17.6. The van der Waals surface area contributed by atoms with Gasteiger partial charge in [-0.05, 0) is 59.7 Å². The summed E-state index contributed by atoms with van der Waals surface area (Å²) in [5, 5.41) is 0. The van der Waals surface area contributed by atoms with Gasteiger partial charge in [-0.2, -0.15) is 0 Å². The third-order valence-electron chi connectivity index (χ3n) is 6.44. The molecule has 4 atom stereocenters. The lowest BCUT2D eigenvalue weighted by Gasteiger charge is -2.61. The molecule has 0 spiro atoms. The maximum Gasteiger partial charge on any atom is -0.0261 e. The topological polar surface area (TPSA) is 0 Å². The smallest absolute Gasteiger partial charge is 0.0261 e. The van der Waals surface area contributed by atoms with Crippen molar-refractivity contribution in [2.24, 2.45) is 34.0 Å². The lowest BCUT2D eigenvalue weighted by Crippen LogP contribution is -2.53. The fourth-order valence-corrected chi connectivity index (χ4v) is 5.85. The van der Waals surface area contributed by atoms with Gasteiger partial charge in [0.15, 0.2) is 0 Å². The molecular formula is C19H36. The van der Waals surface area contributed by atoms with Crippen molar-refractivity contribution in [1.82, 2.24) is 0 Å². The van der Waals surface area contributed by atoms with E-state index in [1.807, 2.05) is 0 Å². The first-order valence-corrected chi connectivity index (χ1v) is 8.57. The molecule has 0 heteroatoms. The van der Waals surface area contributed by atoms with Gasteiger partial charge in [-0.25, -0.2) is 0 Å². The van der Waals surface area contributed by atoms with E-state index in [1.165, 1.54) is 38.5 Å². The van der Waals surface area contributed by atoms with E-state index in [0.29, 0.717) is 16.2 Å². The molecule has 0 aromatic rings. The highest BCUT2D eigenvalue weighted by atomic mass is 14.6. The first-order valence-electron chi connectivity index (χ1n) is 8.57. The van der Waals surface area contributed by atoms with Gasteiger partial charge in [0.1, 0.15) is 0 Å². The molecule has 0 N–H and O–H groups in total. The van der Waals surface area contributed by atoms with E-state index in [0.717, 1.165) is 17.8 Å². The summed E-state index contributed by atoms with van der Waals surface area (Å²) in [4.78, 5) is 0. The van der Waals surface area contributed by atoms with Crippen LogP contribution in [-0.4, -0.2) is 0 Å². The molecule has 0 aromatic carbocycles. The molecule has 0 aliphatic heterocycles. The molecule has 0 heterocycles. The SMILES string of the molecule is CC(C)(C)C1CCC2CCCC[C@]2(C)C1C(C)(C)C. The Labute approximate surface area is 121 Å². The van der Waals surface area contributed by atoms with Crippen LogP contribution in [0.3, 0.4) is 0 Å². The van der Waals surface area contributed by atoms with Crippen molar-refractivity contribution in [3.05, 3.63) is 0 Å². The molecule has 2 fully saturated rings. The average molecular weight is 264 g/mol. The van der Waals surface area contributed by atoms with E-state index in [9.17, 15) is 0 Å². The summed E-state index contributed by atoms with van der Waals surface area (Å²) in [6.07, 6.45) is 8.89. The summed E-state index contributed by atoms with van der Waals surface area (Å²) in [5.41, 5.74) is 1.51. The highest BCUT2D eigenvalue weighted by molar-refractivity contribution is 5.04. The highest BCUT2D eigenvalue weighted by Crippen LogP contribution is 2.63. The van der Waals surface area contributed by atoms with Gasteiger partial charge in [-0.3, -0.25) is 0 Å². The molecule has 2 saturated carbocycles. The van der Waals surface area contributed by atoms with Crippen molar-refractivity contribution in [3.8, 4) is 0 Å². The van der Waals surface area contributed by atoms with Crippen LogP contribution < -0.4 is 0 Å². The lowest BCUT2D eigenvalue weighted by molar-refractivity contribution is -0.116. The lowest BCUT2D eigenvalue weighted by atomic mass is 9.44. The normalized spacial score (nSPS) is 40.9. The van der Waals surface area contributed by atoms with Crippen molar-refractivity contribution in [2.45, 2.75) is 87.0 Å². The highest BCUT2D eigenvalue weighted by Gasteiger charge is 2.54. The maximum absolute atomic E-state index is 2.64. The minimum absolute atomic E-state index is 0.447. The zero-order chi connectivity index (χ0) is 14.5. The second-order valence-electron chi connectivity index (χ2n) is 9.84. The van der Waals surface area contributed by atoms with E-state index in [1.54, 1.807) is 0 Å². The van der Waals surface area contributed by atoms with Gasteiger partial charge < -0.3 is 0 Å². The van der Waals surface area contributed by atoms with Crippen LogP contribution in [0, 0.1) is 34.0 Å². The quantitative estimate of drug-likeness (QED) is 0.481. The molecule has 0 bridgehead atoms. The largest absolute Gasteiger partial charge is 0.0599 e. The molecule has 0 saturated heterocycles. The van der Waals surface area contributed by atoms with Crippen LogP contribution in [0.25, 0.3) is 0 Å². The fourth-order valence-electron chi connectivity index (χ4n) is 5.85. The molecule has 3 unspecified atom stereocenters. The van der Waals surface area contributed by atoms with Gasteiger partial charge in [0.2, 0.25) is 0 Å². The van der Waals surface area contributed by atoms with Gasteiger partial charge in [0, 0.05) is 0 Å². The Kier molecular flexibility index (Phi) is 3.87. The summed E-state index contributed by atoms with van der Waals surface area (Å²) in [6, 6.07) is 0. The van der Waals surface area contributed by atoms with Crippen LogP contribution in [0.15, 0.2) is 0 Å². The zero-order valence-corrected chi connectivity index (χ0v) is 14.5. The predicted molar refractivity (Wildman–Crippen MR) is 85.2 cm³/mol. The second kappa shape index (κ2) is 4.78. The second-order valence-corrected chi connectivity index (χ2v) is 9.84. The van der Waals surface area contributed by atoms with E-state index >= 15 is 0 Å². The molecule has 0 radical (unpaired) electrons. The minimum Gasteiger partial charge on any atom is -0.0599 e. The van der Waals surface area contributed by atoms with Crippen LogP contribution in [0.5, 0.6) is 0 Å². The van der Waals surface area contributed by atoms with Gasteiger partial charge in [-0.1, -0.05) is 61.3 Å². The molecular weight excluding hydrogens is 228 g/mol. The van der Waals surface area contributed by atoms with E-state index in [4.69, 9.17) is 0 Å². The van der Waals surface area contributed by atoms with Gasteiger partial charge in [-0.15, -0.1) is 0 Å². The fraction of sp³-hybridized carbons (Fsp3) is 1.00. The predicted octanol–water partition coefficient (Wildman–Crippen LogP) is 6.30. The third-order valence-corrected chi connectivity index (χ3v) is 6.44. The Morgan fingerprint density at radius 3 is 1.95 bits per heavy atom. The maximum atomic E-state index is 2.64. The van der Waals surface area contributed by atoms with Crippen molar-refractivity contribution < 1.29 is 0 Å². The Morgan fingerprint density at radius 1 is 0.789 bits per heavy atom. The van der Waals surface area contributed by atoms with Gasteiger partial charge >= 0.3 is 0 Å². The number of rotatable bonds is 0. The van der Waals surface area contributed by atoms with E-state index in [2.05, 4.69) is 48.5 Å². The Balaban J connectivity index is 2.40. The Bertz CT molecular complexity index is 314. The minimum atomic E-state index is 0.447. The Morgan fingerprint density at radius 2 is 1.42 bits per heavy atom. The van der Waals surface area contributed by atoms with Crippen LogP contribution in [0.4, 0.5) is 0 Å². The Hall–Kier alpha value is 0. The van der Waals surface area contributed by atoms with Crippen LogP contribution >= 0.6 is 0 Å². The molecule has 2 aliphatic carbocycles. The zero-order valence-electron chi connectivity index (χ0n) is 14.5. The third kappa shape index (κ3) is 2.74. The number of hydrogen-bond acceptors (Lipinski definition) is 0. The monoisotopic (exact) mass is 264 g/mol. The molecule has 19 heavy (non-hydrogen) atoms. The molecule has 2 aliphatic rings. The van der Waals surface area contributed by atoms with Crippen LogP contribution in [-0.2, 0) is 0 Å². The first kappa shape index (κ1) is 15.4. The summed E-state index contributed by atoms with van der Waals surface area (Å²) in [7, 11) is 0. The average Bonchev–Trinajstić information content (AvgIpc) is 2.23. The van der Waals surface area contributed by atoms with Gasteiger partial charge in [0.05, 0.1) is 0 Å². The van der Waals surface area contributed by atoms with Crippen molar-refractivity contribution >= 4 is 0 Å². The first-order chi connectivity index (χ1) is 8.57. The van der Waals surface area contributed by atoms with E-state index < -0.39 is 0 Å². The van der Waals surface area contributed by atoms with Crippen molar-refractivity contribution in [3.63, 3.8) is 0 Å². The van der Waals surface area contributed by atoms with Crippen LogP contribution in [0.2, 0.25) is 0 Å². The summed E-state index contributed by atoms with van der Waals surface area (Å²) >= 11 is 0. The van der Waals surface area contributed by atoms with Crippen molar-refractivity contribution in [1.29, 1.82) is 0 Å². The molecule has 0 nitrogen and oxygen atoms in total. The molecule has 2 rings (SSSR count). The molecule has 112 valence electrons. The number of fused-ring (bicyclic) bond motifs is 1. The van der Waals surface area contributed by atoms with Crippen molar-refractivity contribution in [2.75, 3.05) is 0 Å². The summed E-state index contributed by atoms with van der Waals surface area (Å²) < 4.78 is 0. The van der Waals surface area contributed by atoms with Crippen LogP contribution in [0.1, 0.15) is 87.0 Å². The molecule has 0 aromatic heterocycles.